The number of anilines is 1. The summed E-state index contributed by atoms with van der Waals surface area (Å²) in [7, 11) is 0. The number of nitrogens with one attached hydrogen (secondary N) is 1. The number of H-pyrrole nitrogens is 1. The predicted molar refractivity (Wildman–Crippen MR) is 95.2 cm³/mol. The summed E-state index contributed by atoms with van der Waals surface area (Å²) in [6.07, 6.45) is 0.394. The zero-order valence-electron chi connectivity index (χ0n) is 14.4. The van der Waals surface area contributed by atoms with E-state index in [4.69, 9.17) is 11.6 Å². The number of aromatic amines is 1. The second kappa shape index (κ2) is 6.93. The number of fused-ring (bicyclic) bond motifs is 1. The smallest absolute Gasteiger partial charge is 0.362 e. The molecule has 1 aliphatic heterocycles. The van der Waals surface area contributed by atoms with E-state index < -0.39 is 17.3 Å². The van der Waals surface area contributed by atoms with E-state index in [1.165, 1.54) is 24.8 Å². The number of aromatic nitrogens is 5. The molecule has 3 aromatic heterocycles. The van der Waals surface area contributed by atoms with Gasteiger partial charge in [0.1, 0.15) is 5.02 Å². The molecule has 0 aromatic carbocycles. The van der Waals surface area contributed by atoms with Crippen molar-refractivity contribution >= 4 is 17.3 Å². The molecule has 0 fully saturated rings. The molecule has 146 valence electrons. The molecule has 1 aliphatic rings. The third kappa shape index (κ3) is 3.35. The molecule has 28 heavy (non-hydrogen) atoms. The van der Waals surface area contributed by atoms with Crippen molar-refractivity contribution in [1.82, 2.24) is 24.7 Å². The molecule has 0 unspecified atom stereocenters. The molecule has 11 heteroatoms. The van der Waals surface area contributed by atoms with Gasteiger partial charge in [-0.3, -0.25) is 9.78 Å². The van der Waals surface area contributed by atoms with E-state index in [0.717, 1.165) is 11.8 Å². The van der Waals surface area contributed by atoms with Crippen LogP contribution in [0.4, 0.5) is 18.9 Å². The van der Waals surface area contributed by atoms with Gasteiger partial charge in [0.2, 0.25) is 0 Å². The molecule has 4 heterocycles. The molecule has 0 aliphatic carbocycles. The first-order valence-electron chi connectivity index (χ1n) is 8.36. The van der Waals surface area contributed by atoms with Gasteiger partial charge in [-0.05, 0) is 12.1 Å². The minimum Gasteiger partial charge on any atom is -0.362 e. The average Bonchev–Trinajstić information content (AvgIpc) is 3.06. The molecule has 1 N–H and O–H groups in total. The van der Waals surface area contributed by atoms with Gasteiger partial charge >= 0.3 is 6.18 Å². The summed E-state index contributed by atoms with van der Waals surface area (Å²) < 4.78 is 41.3. The van der Waals surface area contributed by atoms with Crippen molar-refractivity contribution < 1.29 is 13.2 Å². The van der Waals surface area contributed by atoms with Crippen LogP contribution in [0, 0.1) is 0 Å². The highest BCUT2D eigenvalue weighted by Gasteiger charge is 2.34. The standard InChI is InChI=1S/C17H14ClF3N6O/c18-15-14(6-24-25-16(15)28)26-5-3-13-12(8-26)23-9-27(13)7-11-10(17(19,20)21)2-1-4-22-11/h1-2,4,6,9H,3,5,7-8H2,(H,25,28). The second-order valence-electron chi connectivity index (χ2n) is 6.33. The highest BCUT2D eigenvalue weighted by molar-refractivity contribution is 6.32. The Morgan fingerprint density at radius 3 is 2.89 bits per heavy atom. The summed E-state index contributed by atoms with van der Waals surface area (Å²) in [6.45, 7) is 0.880. The van der Waals surface area contributed by atoms with Gasteiger partial charge < -0.3 is 9.47 Å². The molecule has 0 atom stereocenters. The first-order chi connectivity index (χ1) is 13.3. The average molecular weight is 411 g/mol. The maximum atomic E-state index is 13.2. The number of alkyl halides is 3. The number of rotatable bonds is 3. The lowest BCUT2D eigenvalue weighted by Crippen LogP contribution is -2.32. The third-order valence-electron chi connectivity index (χ3n) is 4.63. The van der Waals surface area contributed by atoms with Gasteiger partial charge in [0, 0.05) is 24.9 Å². The van der Waals surface area contributed by atoms with Crippen LogP contribution in [-0.2, 0) is 25.7 Å². The van der Waals surface area contributed by atoms with Gasteiger partial charge in [-0.15, -0.1) is 0 Å². The Hall–Kier alpha value is -2.88. The van der Waals surface area contributed by atoms with E-state index in [1.54, 1.807) is 4.57 Å². The van der Waals surface area contributed by atoms with E-state index in [-0.39, 0.29) is 17.3 Å². The van der Waals surface area contributed by atoms with E-state index in [1.807, 2.05) is 4.90 Å². The summed E-state index contributed by atoms with van der Waals surface area (Å²) in [5.74, 6) is 0. The molecule has 4 rings (SSSR count). The van der Waals surface area contributed by atoms with Crippen LogP contribution in [0.5, 0.6) is 0 Å². The van der Waals surface area contributed by atoms with Crippen LogP contribution in [0.2, 0.25) is 5.02 Å². The Bertz CT molecular complexity index is 1080. The number of hydrogen-bond donors (Lipinski definition) is 1. The lowest BCUT2D eigenvalue weighted by molar-refractivity contribution is -0.138. The largest absolute Gasteiger partial charge is 0.418 e. The summed E-state index contributed by atoms with van der Waals surface area (Å²) in [5.41, 5.74) is 0.756. The maximum absolute atomic E-state index is 13.2. The van der Waals surface area contributed by atoms with Crippen LogP contribution < -0.4 is 10.5 Å². The van der Waals surface area contributed by atoms with Gasteiger partial charge in [0.25, 0.3) is 5.56 Å². The minimum absolute atomic E-state index is 0.0225. The summed E-state index contributed by atoms with van der Waals surface area (Å²) in [5, 5.41) is 6.07. The number of imidazole rings is 1. The number of nitrogens with zero attached hydrogens (tertiary/aromatic N) is 5. The number of pyridine rings is 1. The molecule has 3 aromatic rings. The van der Waals surface area contributed by atoms with Gasteiger partial charge in [0.15, 0.2) is 0 Å². The van der Waals surface area contributed by atoms with Crippen LogP contribution in [0.25, 0.3) is 0 Å². The molecule has 0 radical (unpaired) electrons. The third-order valence-corrected chi connectivity index (χ3v) is 4.99. The SMILES string of the molecule is O=c1[nH]ncc(N2CCc3c(ncn3Cc3ncccc3C(F)(F)F)C2)c1Cl. The van der Waals surface area contributed by atoms with Gasteiger partial charge in [-0.25, -0.2) is 10.1 Å². The lowest BCUT2D eigenvalue weighted by Gasteiger charge is -2.29. The zero-order valence-corrected chi connectivity index (χ0v) is 15.1. The normalized spacial score (nSPS) is 14.2. The van der Waals surface area contributed by atoms with E-state index >= 15 is 0 Å². The molecule has 0 saturated carbocycles. The molecule has 7 nitrogen and oxygen atoms in total. The quantitative estimate of drug-likeness (QED) is 0.718. The Balaban J connectivity index is 1.61. The summed E-state index contributed by atoms with van der Waals surface area (Å²) in [6, 6.07) is 2.29. The van der Waals surface area contributed by atoms with Crippen molar-refractivity contribution in [1.29, 1.82) is 0 Å². The monoisotopic (exact) mass is 410 g/mol. The molecule has 0 amide bonds. The number of halogens is 4. The first kappa shape index (κ1) is 18.5. The zero-order chi connectivity index (χ0) is 19.9. The van der Waals surface area contributed by atoms with E-state index in [9.17, 15) is 18.0 Å². The maximum Gasteiger partial charge on any atom is 0.418 e. The molecule has 0 saturated heterocycles. The van der Waals surface area contributed by atoms with Gasteiger partial charge in [-0.1, -0.05) is 11.6 Å². The van der Waals surface area contributed by atoms with Crippen molar-refractivity contribution in [3.63, 3.8) is 0 Å². The predicted octanol–water partition coefficient (Wildman–Crippen LogP) is 2.64. The van der Waals surface area contributed by atoms with Crippen LogP contribution in [0.1, 0.15) is 22.6 Å². The van der Waals surface area contributed by atoms with Crippen molar-refractivity contribution in [2.24, 2.45) is 0 Å². The summed E-state index contributed by atoms with van der Waals surface area (Å²) in [4.78, 5) is 21.8. The Morgan fingerprint density at radius 1 is 1.29 bits per heavy atom. The first-order valence-corrected chi connectivity index (χ1v) is 8.74. The highest BCUT2D eigenvalue weighted by atomic mass is 35.5. The molecule has 0 bridgehead atoms. The fourth-order valence-electron chi connectivity index (χ4n) is 3.29. The van der Waals surface area contributed by atoms with Crippen molar-refractivity contribution in [3.05, 3.63) is 68.9 Å². The van der Waals surface area contributed by atoms with Crippen LogP contribution in [0.15, 0.2) is 35.6 Å². The van der Waals surface area contributed by atoms with Crippen LogP contribution >= 0.6 is 11.6 Å². The topological polar surface area (TPSA) is 79.7 Å². The fraction of sp³-hybridized carbons (Fsp3) is 0.294. The Kier molecular flexibility index (Phi) is 4.58. The van der Waals surface area contributed by atoms with Crippen LogP contribution in [0.3, 0.4) is 0 Å². The van der Waals surface area contributed by atoms with Crippen molar-refractivity contribution in [3.8, 4) is 0 Å². The second-order valence-corrected chi connectivity index (χ2v) is 6.71. The summed E-state index contributed by atoms with van der Waals surface area (Å²) >= 11 is 6.06. The van der Waals surface area contributed by atoms with Crippen LogP contribution in [-0.4, -0.2) is 31.3 Å². The van der Waals surface area contributed by atoms with E-state index in [2.05, 4.69) is 20.2 Å². The number of hydrogen-bond acceptors (Lipinski definition) is 5. The molecule has 0 spiro atoms. The van der Waals surface area contributed by atoms with Gasteiger partial charge in [0.05, 0.1) is 48.3 Å². The lowest BCUT2D eigenvalue weighted by atomic mass is 10.1. The highest BCUT2D eigenvalue weighted by Crippen LogP contribution is 2.32. The Morgan fingerprint density at radius 2 is 2.11 bits per heavy atom. The van der Waals surface area contributed by atoms with Crippen molar-refractivity contribution in [2.45, 2.75) is 25.7 Å². The fourth-order valence-corrected chi connectivity index (χ4v) is 3.50. The molecular formula is C17H14ClF3N6O. The minimum atomic E-state index is -4.47. The van der Waals surface area contributed by atoms with Gasteiger partial charge in [-0.2, -0.15) is 18.3 Å². The van der Waals surface area contributed by atoms with E-state index in [0.29, 0.717) is 30.9 Å². The van der Waals surface area contributed by atoms with Crippen molar-refractivity contribution in [2.75, 3.05) is 11.4 Å². The molecular weight excluding hydrogens is 397 g/mol. The Labute approximate surface area is 161 Å².